The van der Waals surface area contributed by atoms with Gasteiger partial charge in [0.15, 0.2) is 0 Å². The van der Waals surface area contributed by atoms with Crippen LogP contribution in [-0.4, -0.2) is 26.2 Å². The predicted octanol–water partition coefficient (Wildman–Crippen LogP) is 3.06. The molecule has 3 rings (SSSR count). The third kappa shape index (κ3) is 2.21. The zero-order chi connectivity index (χ0) is 12.6. The lowest BCUT2D eigenvalue weighted by molar-refractivity contribution is 0.232. The van der Waals surface area contributed by atoms with Crippen LogP contribution >= 0.6 is 11.6 Å². The monoisotopic (exact) mass is 268 g/mol. The fourth-order valence-electron chi connectivity index (χ4n) is 3.20. The number of rotatable bonds is 1. The highest BCUT2D eigenvalue weighted by Gasteiger charge is 2.38. The van der Waals surface area contributed by atoms with Gasteiger partial charge < -0.3 is 10.2 Å². The van der Waals surface area contributed by atoms with Gasteiger partial charge in [0.05, 0.1) is 5.02 Å². The zero-order valence-electron chi connectivity index (χ0n) is 10.4. The molecule has 2 saturated heterocycles. The lowest BCUT2D eigenvalue weighted by atomic mass is 9.78. The molecule has 98 valence electrons. The number of piperidine rings is 1. The fraction of sp³-hybridized carbons (Fsp3) is 0.571. The minimum atomic E-state index is -0.337. The van der Waals surface area contributed by atoms with Crippen molar-refractivity contribution in [1.82, 2.24) is 5.32 Å². The van der Waals surface area contributed by atoms with Crippen LogP contribution in [-0.2, 0) is 0 Å². The summed E-state index contributed by atoms with van der Waals surface area (Å²) in [6, 6.07) is 5.05. The maximum Gasteiger partial charge on any atom is 0.141 e. The molecule has 0 unspecified atom stereocenters. The van der Waals surface area contributed by atoms with E-state index in [1.54, 1.807) is 6.07 Å². The van der Waals surface area contributed by atoms with E-state index in [0.29, 0.717) is 5.41 Å². The van der Waals surface area contributed by atoms with Crippen LogP contribution in [0.15, 0.2) is 18.2 Å². The molecule has 1 N–H and O–H groups in total. The predicted molar refractivity (Wildman–Crippen MR) is 72.8 cm³/mol. The molecule has 1 aromatic rings. The molecule has 0 bridgehead atoms. The molecular weight excluding hydrogens is 251 g/mol. The van der Waals surface area contributed by atoms with Gasteiger partial charge in [0, 0.05) is 18.8 Å². The molecule has 4 heteroatoms. The quantitative estimate of drug-likeness (QED) is 0.842. The van der Waals surface area contributed by atoms with Crippen molar-refractivity contribution in [2.24, 2.45) is 5.41 Å². The SMILES string of the molecule is Fc1ccc(N2CCC3(CCNCC3)C2)cc1Cl. The molecule has 2 nitrogen and oxygen atoms in total. The summed E-state index contributed by atoms with van der Waals surface area (Å²) < 4.78 is 13.2. The fourth-order valence-corrected chi connectivity index (χ4v) is 3.38. The van der Waals surface area contributed by atoms with Crippen molar-refractivity contribution in [1.29, 1.82) is 0 Å². The maximum absolute atomic E-state index is 13.2. The Balaban J connectivity index is 1.76. The molecule has 18 heavy (non-hydrogen) atoms. The van der Waals surface area contributed by atoms with Crippen LogP contribution in [0.4, 0.5) is 10.1 Å². The van der Waals surface area contributed by atoms with E-state index in [4.69, 9.17) is 11.6 Å². The third-order valence-corrected chi connectivity index (χ3v) is 4.66. The summed E-state index contributed by atoms with van der Waals surface area (Å²) in [4.78, 5) is 2.34. The average molecular weight is 269 g/mol. The Bertz CT molecular complexity index is 443. The molecular formula is C14H18ClFN2. The van der Waals surface area contributed by atoms with E-state index in [2.05, 4.69) is 10.2 Å². The second-order valence-electron chi connectivity index (χ2n) is 5.52. The Kier molecular flexibility index (Phi) is 3.20. The molecule has 1 aromatic carbocycles. The summed E-state index contributed by atoms with van der Waals surface area (Å²) in [6.07, 6.45) is 3.74. The van der Waals surface area contributed by atoms with Crippen LogP contribution in [0.2, 0.25) is 5.02 Å². The van der Waals surface area contributed by atoms with Gasteiger partial charge in [-0.3, -0.25) is 0 Å². The first kappa shape index (κ1) is 12.2. The second-order valence-corrected chi connectivity index (χ2v) is 5.93. The summed E-state index contributed by atoms with van der Waals surface area (Å²) in [5.74, 6) is -0.337. The Morgan fingerprint density at radius 1 is 1.22 bits per heavy atom. The van der Waals surface area contributed by atoms with E-state index in [1.165, 1.54) is 25.3 Å². The van der Waals surface area contributed by atoms with Crippen LogP contribution < -0.4 is 10.2 Å². The number of hydrogen-bond donors (Lipinski definition) is 1. The van der Waals surface area contributed by atoms with Crippen molar-refractivity contribution in [3.05, 3.63) is 29.0 Å². The van der Waals surface area contributed by atoms with Gasteiger partial charge in [-0.05, 0) is 56.0 Å². The van der Waals surface area contributed by atoms with Gasteiger partial charge in [0.1, 0.15) is 5.82 Å². The van der Waals surface area contributed by atoms with Crippen LogP contribution in [0.25, 0.3) is 0 Å². The minimum absolute atomic E-state index is 0.221. The Morgan fingerprint density at radius 2 is 2.00 bits per heavy atom. The van der Waals surface area contributed by atoms with Crippen molar-refractivity contribution in [3.8, 4) is 0 Å². The third-order valence-electron chi connectivity index (χ3n) is 4.37. The van der Waals surface area contributed by atoms with E-state index in [9.17, 15) is 4.39 Å². The Morgan fingerprint density at radius 3 is 2.72 bits per heavy atom. The van der Waals surface area contributed by atoms with Crippen molar-refractivity contribution in [3.63, 3.8) is 0 Å². The lowest BCUT2D eigenvalue weighted by Crippen LogP contribution is -2.38. The maximum atomic E-state index is 13.2. The largest absolute Gasteiger partial charge is 0.371 e. The first-order valence-corrected chi connectivity index (χ1v) is 6.97. The van der Waals surface area contributed by atoms with Gasteiger partial charge in [-0.1, -0.05) is 11.6 Å². The number of anilines is 1. The summed E-state index contributed by atoms with van der Waals surface area (Å²) >= 11 is 5.86. The minimum Gasteiger partial charge on any atom is -0.371 e. The molecule has 2 aliphatic heterocycles. The van der Waals surface area contributed by atoms with Crippen molar-refractivity contribution in [2.75, 3.05) is 31.1 Å². The molecule has 2 fully saturated rings. The molecule has 0 saturated carbocycles. The molecule has 0 aliphatic carbocycles. The summed E-state index contributed by atoms with van der Waals surface area (Å²) in [5, 5.41) is 3.64. The van der Waals surface area contributed by atoms with Gasteiger partial charge >= 0.3 is 0 Å². The number of hydrogen-bond acceptors (Lipinski definition) is 2. The standard InChI is InChI=1S/C14H18ClFN2/c15-12-9-11(1-2-13(12)16)18-8-5-14(10-18)3-6-17-7-4-14/h1-2,9,17H,3-8,10H2. The lowest BCUT2D eigenvalue weighted by Gasteiger charge is -2.34. The average Bonchev–Trinajstić information content (AvgIpc) is 2.78. The van der Waals surface area contributed by atoms with E-state index >= 15 is 0 Å². The number of halogens is 2. The highest BCUT2D eigenvalue weighted by molar-refractivity contribution is 6.31. The van der Waals surface area contributed by atoms with Crippen LogP contribution in [0.5, 0.6) is 0 Å². The van der Waals surface area contributed by atoms with Crippen molar-refractivity contribution >= 4 is 17.3 Å². The molecule has 2 aliphatic rings. The van der Waals surface area contributed by atoms with E-state index < -0.39 is 0 Å². The van der Waals surface area contributed by atoms with Crippen molar-refractivity contribution < 1.29 is 4.39 Å². The van der Waals surface area contributed by atoms with Gasteiger partial charge in [0.25, 0.3) is 0 Å². The van der Waals surface area contributed by atoms with Crippen LogP contribution in [0.1, 0.15) is 19.3 Å². The molecule has 0 radical (unpaired) electrons. The van der Waals surface area contributed by atoms with E-state index in [0.717, 1.165) is 31.9 Å². The van der Waals surface area contributed by atoms with Crippen molar-refractivity contribution in [2.45, 2.75) is 19.3 Å². The smallest absolute Gasteiger partial charge is 0.141 e. The second kappa shape index (κ2) is 4.71. The molecule has 0 aromatic heterocycles. The van der Waals surface area contributed by atoms with Gasteiger partial charge in [-0.15, -0.1) is 0 Å². The number of nitrogens with zero attached hydrogens (tertiary/aromatic N) is 1. The van der Waals surface area contributed by atoms with Gasteiger partial charge in [-0.25, -0.2) is 4.39 Å². The Labute approximate surface area is 112 Å². The first-order chi connectivity index (χ1) is 8.69. The normalized spacial score (nSPS) is 22.7. The van der Waals surface area contributed by atoms with E-state index in [1.807, 2.05) is 6.07 Å². The number of benzene rings is 1. The molecule has 2 heterocycles. The summed E-state index contributed by atoms with van der Waals surface area (Å²) in [6.45, 7) is 4.38. The first-order valence-electron chi connectivity index (χ1n) is 6.59. The van der Waals surface area contributed by atoms with Gasteiger partial charge in [0.2, 0.25) is 0 Å². The van der Waals surface area contributed by atoms with Crippen LogP contribution in [0, 0.1) is 11.2 Å². The summed E-state index contributed by atoms with van der Waals surface area (Å²) in [5.41, 5.74) is 1.52. The van der Waals surface area contributed by atoms with E-state index in [-0.39, 0.29) is 10.8 Å². The van der Waals surface area contributed by atoms with Crippen LogP contribution in [0.3, 0.4) is 0 Å². The highest BCUT2D eigenvalue weighted by atomic mass is 35.5. The van der Waals surface area contributed by atoms with Gasteiger partial charge in [-0.2, -0.15) is 0 Å². The zero-order valence-corrected chi connectivity index (χ0v) is 11.1. The number of nitrogens with one attached hydrogen (secondary N) is 1. The highest BCUT2D eigenvalue weighted by Crippen LogP contribution is 2.40. The summed E-state index contributed by atoms with van der Waals surface area (Å²) in [7, 11) is 0. The molecule has 0 amide bonds. The molecule has 1 spiro atoms. The Hall–Kier alpha value is -0.800. The topological polar surface area (TPSA) is 15.3 Å². The molecule has 0 atom stereocenters.